The van der Waals surface area contributed by atoms with Gasteiger partial charge in [-0.3, -0.25) is 0 Å². The van der Waals surface area contributed by atoms with Gasteiger partial charge < -0.3 is 0 Å². The molecule has 3 aromatic rings. The van der Waals surface area contributed by atoms with Gasteiger partial charge in [0.05, 0.1) is 0 Å². The van der Waals surface area contributed by atoms with Crippen LogP contribution in [0, 0.1) is 0 Å². The Morgan fingerprint density at radius 3 is 2.44 bits per heavy atom. The van der Waals surface area contributed by atoms with Crippen molar-refractivity contribution in [1.29, 1.82) is 0 Å². The number of hydrogen-bond acceptors (Lipinski definition) is 1. The van der Waals surface area contributed by atoms with Crippen LogP contribution in [0.1, 0.15) is 10.4 Å². The Kier molecular flexibility index (Phi) is 3.31. The molecule has 0 aliphatic heterocycles. The highest BCUT2D eigenvalue weighted by Crippen LogP contribution is 2.26. The van der Waals surface area contributed by atoms with Crippen molar-refractivity contribution >= 4 is 49.5 Å². The minimum Gasteiger partial charge on any atom is -0.136 e. The quantitative estimate of drug-likeness (QED) is 0.558. The summed E-state index contributed by atoms with van der Waals surface area (Å²) in [5.41, 5.74) is 1.22. The fourth-order valence-electron chi connectivity index (χ4n) is 1.84. The molecule has 1 heterocycles. The summed E-state index contributed by atoms with van der Waals surface area (Å²) in [6.45, 7) is 0. The van der Waals surface area contributed by atoms with Gasteiger partial charge in [-0.1, -0.05) is 52.3 Å². The maximum absolute atomic E-state index is 3.44. The number of thiophene rings is 1. The lowest BCUT2D eigenvalue weighted by atomic mass is 10.2. The molecule has 0 nitrogen and oxygen atoms in total. The SMILES string of the molecule is Brc1ccc(/C=C\c2cc3ccccc3s2)cc1. The van der Waals surface area contributed by atoms with E-state index < -0.39 is 0 Å². The maximum atomic E-state index is 3.44. The van der Waals surface area contributed by atoms with Crippen molar-refractivity contribution in [2.45, 2.75) is 0 Å². The van der Waals surface area contributed by atoms with Crippen molar-refractivity contribution < 1.29 is 0 Å². The zero-order valence-corrected chi connectivity index (χ0v) is 12.0. The molecule has 0 radical (unpaired) electrons. The molecule has 0 N–H and O–H groups in total. The number of hydrogen-bond donors (Lipinski definition) is 0. The molecule has 18 heavy (non-hydrogen) atoms. The van der Waals surface area contributed by atoms with Gasteiger partial charge in [0.1, 0.15) is 0 Å². The minimum absolute atomic E-state index is 1.11. The highest BCUT2D eigenvalue weighted by molar-refractivity contribution is 9.10. The zero-order valence-electron chi connectivity index (χ0n) is 9.64. The molecule has 0 saturated heterocycles. The average molecular weight is 315 g/mol. The summed E-state index contributed by atoms with van der Waals surface area (Å²) in [6.07, 6.45) is 4.32. The van der Waals surface area contributed by atoms with Gasteiger partial charge in [0.25, 0.3) is 0 Å². The summed E-state index contributed by atoms with van der Waals surface area (Å²) in [4.78, 5) is 1.29. The lowest BCUT2D eigenvalue weighted by molar-refractivity contribution is 1.62. The Bertz CT molecular complexity index is 659. The van der Waals surface area contributed by atoms with E-state index in [9.17, 15) is 0 Å². The first-order chi connectivity index (χ1) is 8.81. The van der Waals surface area contributed by atoms with Crippen LogP contribution in [0.25, 0.3) is 22.2 Å². The molecular weight excluding hydrogens is 304 g/mol. The van der Waals surface area contributed by atoms with E-state index in [4.69, 9.17) is 0 Å². The van der Waals surface area contributed by atoms with E-state index in [1.165, 1.54) is 20.5 Å². The Hall–Kier alpha value is -1.38. The van der Waals surface area contributed by atoms with E-state index in [1.54, 1.807) is 0 Å². The second kappa shape index (κ2) is 5.09. The molecule has 0 aliphatic rings. The second-order valence-electron chi connectivity index (χ2n) is 4.07. The van der Waals surface area contributed by atoms with Crippen LogP contribution in [-0.4, -0.2) is 0 Å². The third kappa shape index (κ3) is 2.55. The van der Waals surface area contributed by atoms with Crippen molar-refractivity contribution in [2.75, 3.05) is 0 Å². The topological polar surface area (TPSA) is 0 Å². The highest BCUT2D eigenvalue weighted by atomic mass is 79.9. The molecule has 2 aromatic carbocycles. The van der Waals surface area contributed by atoms with Gasteiger partial charge in [0.15, 0.2) is 0 Å². The highest BCUT2D eigenvalue weighted by Gasteiger charge is 1.97. The van der Waals surface area contributed by atoms with E-state index in [-0.39, 0.29) is 0 Å². The van der Waals surface area contributed by atoms with Crippen LogP contribution in [0.15, 0.2) is 59.1 Å². The lowest BCUT2D eigenvalue weighted by Crippen LogP contribution is -1.69. The van der Waals surface area contributed by atoms with Gasteiger partial charge in [0, 0.05) is 14.0 Å². The zero-order chi connectivity index (χ0) is 12.4. The first kappa shape index (κ1) is 11.7. The Balaban J connectivity index is 1.89. The molecule has 2 heteroatoms. The van der Waals surface area contributed by atoms with Crippen molar-refractivity contribution in [3.8, 4) is 0 Å². The number of benzene rings is 2. The predicted octanol–water partition coefficient (Wildman–Crippen LogP) is 5.83. The van der Waals surface area contributed by atoms with Crippen molar-refractivity contribution in [1.82, 2.24) is 0 Å². The van der Waals surface area contributed by atoms with Gasteiger partial charge in [-0.15, -0.1) is 11.3 Å². The number of fused-ring (bicyclic) bond motifs is 1. The van der Waals surface area contributed by atoms with Crippen LogP contribution in [0.3, 0.4) is 0 Å². The lowest BCUT2D eigenvalue weighted by Gasteiger charge is -1.92. The summed E-state index contributed by atoms with van der Waals surface area (Å²) in [5.74, 6) is 0. The first-order valence-corrected chi connectivity index (χ1v) is 7.34. The van der Waals surface area contributed by atoms with Crippen LogP contribution in [0.2, 0.25) is 0 Å². The Labute approximate surface area is 119 Å². The first-order valence-electron chi connectivity index (χ1n) is 5.73. The fraction of sp³-hybridized carbons (Fsp3) is 0. The fourth-order valence-corrected chi connectivity index (χ4v) is 3.07. The summed E-state index contributed by atoms with van der Waals surface area (Å²) in [5, 5.41) is 1.32. The number of rotatable bonds is 2. The molecule has 0 fully saturated rings. The van der Waals surface area contributed by atoms with E-state index in [0.29, 0.717) is 0 Å². The maximum Gasteiger partial charge on any atom is 0.0349 e. The van der Waals surface area contributed by atoms with E-state index in [0.717, 1.165) is 4.47 Å². The number of halogens is 1. The van der Waals surface area contributed by atoms with Crippen molar-refractivity contribution in [3.05, 3.63) is 69.5 Å². The van der Waals surface area contributed by atoms with Gasteiger partial charge in [0.2, 0.25) is 0 Å². The Morgan fingerprint density at radius 2 is 1.67 bits per heavy atom. The smallest absolute Gasteiger partial charge is 0.0349 e. The Morgan fingerprint density at radius 1 is 0.889 bits per heavy atom. The largest absolute Gasteiger partial charge is 0.136 e. The summed E-state index contributed by atoms with van der Waals surface area (Å²) in [7, 11) is 0. The van der Waals surface area contributed by atoms with Crippen LogP contribution >= 0.6 is 27.3 Å². The molecule has 0 bridgehead atoms. The average Bonchev–Trinajstić information content (AvgIpc) is 2.81. The molecule has 88 valence electrons. The summed E-state index contributed by atoms with van der Waals surface area (Å²) >= 11 is 5.27. The van der Waals surface area contributed by atoms with Gasteiger partial charge >= 0.3 is 0 Å². The van der Waals surface area contributed by atoms with Crippen LogP contribution < -0.4 is 0 Å². The molecule has 0 saturated carbocycles. The summed E-state index contributed by atoms with van der Waals surface area (Å²) in [6, 6.07) is 19.0. The molecular formula is C16H11BrS. The standard InChI is InChI=1S/C16H11BrS/c17-14-8-5-12(6-9-14)7-10-15-11-13-3-1-2-4-16(13)18-15/h1-11H/b10-7-. The molecule has 0 amide bonds. The molecule has 0 aliphatic carbocycles. The third-order valence-electron chi connectivity index (χ3n) is 2.75. The molecule has 0 spiro atoms. The molecule has 0 unspecified atom stereocenters. The third-order valence-corrected chi connectivity index (χ3v) is 4.36. The van der Waals surface area contributed by atoms with Gasteiger partial charge in [-0.05, 0) is 41.3 Å². The van der Waals surface area contributed by atoms with Crippen LogP contribution in [-0.2, 0) is 0 Å². The minimum atomic E-state index is 1.11. The van der Waals surface area contributed by atoms with Crippen LogP contribution in [0.4, 0.5) is 0 Å². The normalized spacial score (nSPS) is 11.4. The van der Waals surface area contributed by atoms with E-state index >= 15 is 0 Å². The molecule has 3 rings (SSSR count). The summed E-state index contributed by atoms with van der Waals surface area (Å²) < 4.78 is 2.45. The van der Waals surface area contributed by atoms with Gasteiger partial charge in [-0.25, -0.2) is 0 Å². The van der Waals surface area contributed by atoms with Crippen molar-refractivity contribution in [2.24, 2.45) is 0 Å². The van der Waals surface area contributed by atoms with Crippen LogP contribution in [0.5, 0.6) is 0 Å². The molecule has 0 atom stereocenters. The predicted molar refractivity (Wildman–Crippen MR) is 84.9 cm³/mol. The van der Waals surface area contributed by atoms with Gasteiger partial charge in [-0.2, -0.15) is 0 Å². The van der Waals surface area contributed by atoms with Crippen molar-refractivity contribution in [3.63, 3.8) is 0 Å². The molecule has 1 aromatic heterocycles. The monoisotopic (exact) mass is 314 g/mol. The van der Waals surface area contributed by atoms with E-state index in [2.05, 4.69) is 82.7 Å². The second-order valence-corrected chi connectivity index (χ2v) is 6.10. The van der Waals surface area contributed by atoms with E-state index in [1.807, 2.05) is 11.3 Å².